The smallest absolute Gasteiger partial charge is 0.268 e. The molecule has 3 aromatic rings. The van der Waals surface area contributed by atoms with Crippen molar-refractivity contribution in [3.8, 4) is 5.75 Å². The van der Waals surface area contributed by atoms with Crippen LogP contribution in [0.2, 0.25) is 0 Å². The van der Waals surface area contributed by atoms with Gasteiger partial charge in [0.1, 0.15) is 5.75 Å². The number of ether oxygens (including phenoxy) is 1. The number of rotatable bonds is 7. The third-order valence-corrected chi connectivity index (χ3v) is 6.02. The second-order valence-corrected chi connectivity index (χ2v) is 7.90. The second-order valence-electron chi connectivity index (χ2n) is 6.82. The molecule has 1 aliphatic heterocycles. The number of amides is 2. The van der Waals surface area contributed by atoms with Gasteiger partial charge in [0.2, 0.25) is 0 Å². The van der Waals surface area contributed by atoms with Gasteiger partial charge in [0.05, 0.1) is 17.6 Å². The van der Waals surface area contributed by atoms with Gasteiger partial charge in [-0.05, 0) is 30.2 Å². The molecule has 0 radical (unpaired) electrons. The number of carbonyl (C=O) groups is 2. The average molecular weight is 416 g/mol. The maximum absolute atomic E-state index is 13.4. The van der Waals surface area contributed by atoms with E-state index in [4.69, 9.17) is 4.74 Å². The molecule has 4 rings (SSSR count). The Morgan fingerprint density at radius 3 is 2.13 bits per heavy atom. The zero-order chi connectivity index (χ0) is 20.9. The molecule has 0 fully saturated rings. The Labute approximate surface area is 180 Å². The van der Waals surface area contributed by atoms with Crippen LogP contribution in [0.15, 0.2) is 94.7 Å². The Morgan fingerprint density at radius 1 is 0.800 bits per heavy atom. The topological polar surface area (TPSA) is 46.6 Å². The number of carbonyl (C=O) groups excluding carboxylic acids is 2. The van der Waals surface area contributed by atoms with Crippen LogP contribution in [0.5, 0.6) is 5.75 Å². The lowest BCUT2D eigenvalue weighted by atomic mass is 10.0. The Bertz CT molecular complexity index is 1090. The summed E-state index contributed by atoms with van der Waals surface area (Å²) in [4.78, 5) is 29.4. The SMILES string of the molecule is COc1ccccc1C1=C(Sc2ccccc2)C(=O)N(CCc2ccccc2)C1=O. The van der Waals surface area contributed by atoms with Crippen molar-refractivity contribution in [2.45, 2.75) is 11.3 Å². The number of imide groups is 1. The summed E-state index contributed by atoms with van der Waals surface area (Å²) in [7, 11) is 1.57. The zero-order valence-electron chi connectivity index (χ0n) is 16.6. The van der Waals surface area contributed by atoms with E-state index in [2.05, 4.69) is 0 Å². The molecule has 5 heteroatoms. The summed E-state index contributed by atoms with van der Waals surface area (Å²) in [5.41, 5.74) is 2.12. The van der Waals surface area contributed by atoms with Crippen LogP contribution in [0, 0.1) is 0 Å². The Kier molecular flexibility index (Phi) is 6.00. The summed E-state index contributed by atoms with van der Waals surface area (Å²) >= 11 is 1.32. The minimum absolute atomic E-state index is 0.259. The maximum Gasteiger partial charge on any atom is 0.268 e. The number of hydrogen-bond donors (Lipinski definition) is 0. The molecule has 2 amide bonds. The van der Waals surface area contributed by atoms with Crippen molar-refractivity contribution in [2.75, 3.05) is 13.7 Å². The van der Waals surface area contributed by atoms with Crippen LogP contribution in [0.4, 0.5) is 0 Å². The lowest BCUT2D eigenvalue weighted by Crippen LogP contribution is -2.33. The Hall–Kier alpha value is -3.31. The number of thioether (sulfide) groups is 1. The number of hydrogen-bond acceptors (Lipinski definition) is 4. The van der Waals surface area contributed by atoms with Gasteiger partial charge in [-0.2, -0.15) is 0 Å². The second kappa shape index (κ2) is 9.01. The highest BCUT2D eigenvalue weighted by Crippen LogP contribution is 2.42. The highest BCUT2D eigenvalue weighted by Gasteiger charge is 2.40. The highest BCUT2D eigenvalue weighted by molar-refractivity contribution is 8.04. The van der Waals surface area contributed by atoms with E-state index in [9.17, 15) is 9.59 Å². The van der Waals surface area contributed by atoms with E-state index in [1.165, 1.54) is 16.7 Å². The summed E-state index contributed by atoms with van der Waals surface area (Å²) in [6.45, 7) is 0.333. The third kappa shape index (κ3) is 4.02. The molecule has 150 valence electrons. The highest BCUT2D eigenvalue weighted by atomic mass is 32.2. The molecule has 0 atom stereocenters. The minimum atomic E-state index is -0.279. The number of benzene rings is 3. The van der Waals surface area contributed by atoms with Gasteiger partial charge in [-0.1, -0.05) is 78.5 Å². The average Bonchev–Trinajstić information content (AvgIpc) is 3.02. The van der Waals surface area contributed by atoms with Gasteiger partial charge in [0, 0.05) is 17.0 Å². The van der Waals surface area contributed by atoms with E-state index >= 15 is 0 Å². The molecule has 0 bridgehead atoms. The first-order valence-corrected chi connectivity index (χ1v) is 10.5. The molecular weight excluding hydrogens is 394 g/mol. The van der Waals surface area contributed by atoms with Crippen LogP contribution in [0.3, 0.4) is 0 Å². The molecular formula is C25H21NO3S. The van der Waals surface area contributed by atoms with Crippen molar-refractivity contribution < 1.29 is 14.3 Å². The summed E-state index contributed by atoms with van der Waals surface area (Å²) in [5.74, 6) is 0.0364. The van der Waals surface area contributed by atoms with Crippen molar-refractivity contribution >= 4 is 29.1 Å². The van der Waals surface area contributed by atoms with Crippen LogP contribution in [-0.2, 0) is 16.0 Å². The van der Waals surface area contributed by atoms with Crippen molar-refractivity contribution in [1.29, 1.82) is 0 Å². The fourth-order valence-electron chi connectivity index (χ4n) is 3.43. The summed E-state index contributed by atoms with van der Waals surface area (Å²) < 4.78 is 5.48. The number of nitrogens with zero attached hydrogens (tertiary/aromatic N) is 1. The fraction of sp³-hybridized carbons (Fsp3) is 0.120. The Morgan fingerprint density at radius 2 is 1.43 bits per heavy atom. The summed E-state index contributed by atoms with van der Waals surface area (Å²) in [6.07, 6.45) is 0.612. The molecule has 1 heterocycles. The molecule has 0 aliphatic carbocycles. The predicted molar refractivity (Wildman–Crippen MR) is 119 cm³/mol. The van der Waals surface area contributed by atoms with Gasteiger partial charge in [-0.3, -0.25) is 14.5 Å². The van der Waals surface area contributed by atoms with Crippen LogP contribution in [0.25, 0.3) is 5.57 Å². The molecule has 0 saturated heterocycles. The van der Waals surface area contributed by atoms with Crippen LogP contribution < -0.4 is 4.74 Å². The predicted octanol–water partition coefficient (Wildman–Crippen LogP) is 4.81. The first-order valence-electron chi connectivity index (χ1n) is 9.69. The van der Waals surface area contributed by atoms with Crippen LogP contribution in [0.1, 0.15) is 11.1 Å². The monoisotopic (exact) mass is 415 g/mol. The molecule has 0 unspecified atom stereocenters. The molecule has 0 N–H and O–H groups in total. The number of para-hydroxylation sites is 1. The molecule has 30 heavy (non-hydrogen) atoms. The van der Waals surface area contributed by atoms with Crippen molar-refractivity contribution in [3.05, 3.63) is 101 Å². The quantitative estimate of drug-likeness (QED) is 0.520. The van der Waals surface area contributed by atoms with Gasteiger partial charge < -0.3 is 4.74 Å². The maximum atomic E-state index is 13.4. The summed E-state index contributed by atoms with van der Waals surface area (Å²) in [6, 6.07) is 26.8. The molecule has 4 nitrogen and oxygen atoms in total. The van der Waals surface area contributed by atoms with Crippen LogP contribution in [-0.4, -0.2) is 30.4 Å². The summed E-state index contributed by atoms with van der Waals surface area (Å²) in [5, 5.41) is 0. The lowest BCUT2D eigenvalue weighted by molar-refractivity contribution is -0.136. The first kappa shape index (κ1) is 20.0. The van der Waals surface area contributed by atoms with Gasteiger partial charge in [-0.15, -0.1) is 0 Å². The first-order chi connectivity index (χ1) is 14.7. The molecule has 0 saturated carbocycles. The standard InChI is InChI=1S/C25H21NO3S/c1-29-21-15-9-8-14-20(21)22-23(30-19-12-6-3-7-13-19)25(28)26(24(22)27)17-16-18-10-4-2-5-11-18/h2-15H,16-17H2,1H3. The molecule has 1 aliphatic rings. The van der Waals surface area contributed by atoms with Gasteiger partial charge >= 0.3 is 0 Å². The molecule has 0 spiro atoms. The normalized spacial score (nSPS) is 13.8. The van der Waals surface area contributed by atoms with Crippen molar-refractivity contribution in [3.63, 3.8) is 0 Å². The van der Waals surface area contributed by atoms with Crippen molar-refractivity contribution in [2.24, 2.45) is 0 Å². The van der Waals surface area contributed by atoms with Crippen molar-refractivity contribution in [1.82, 2.24) is 4.90 Å². The van der Waals surface area contributed by atoms with Gasteiger partial charge in [0.25, 0.3) is 11.8 Å². The van der Waals surface area contributed by atoms with E-state index in [1.807, 2.05) is 78.9 Å². The van der Waals surface area contributed by atoms with E-state index in [1.54, 1.807) is 13.2 Å². The number of methoxy groups -OCH3 is 1. The van der Waals surface area contributed by atoms with Crippen LogP contribution >= 0.6 is 11.8 Å². The largest absolute Gasteiger partial charge is 0.496 e. The fourth-order valence-corrected chi connectivity index (χ4v) is 4.46. The lowest BCUT2D eigenvalue weighted by Gasteiger charge is -2.15. The van der Waals surface area contributed by atoms with E-state index in [0.717, 1.165) is 10.5 Å². The van der Waals surface area contributed by atoms with E-state index < -0.39 is 0 Å². The third-order valence-electron chi connectivity index (χ3n) is 4.93. The minimum Gasteiger partial charge on any atom is -0.496 e. The molecule has 3 aromatic carbocycles. The van der Waals surface area contributed by atoms with E-state index in [0.29, 0.717) is 34.8 Å². The molecule has 0 aromatic heterocycles. The van der Waals surface area contributed by atoms with Gasteiger partial charge in [-0.25, -0.2) is 0 Å². The zero-order valence-corrected chi connectivity index (χ0v) is 17.4. The Balaban J connectivity index is 1.70. The van der Waals surface area contributed by atoms with Gasteiger partial charge in [0.15, 0.2) is 0 Å². The van der Waals surface area contributed by atoms with E-state index in [-0.39, 0.29) is 11.8 Å².